The molecule has 2 N–H and O–H groups in total. The fourth-order valence-corrected chi connectivity index (χ4v) is 4.57. The van der Waals surface area contributed by atoms with Gasteiger partial charge in [-0.05, 0) is 55.6 Å². The first-order chi connectivity index (χ1) is 11.6. The van der Waals surface area contributed by atoms with Gasteiger partial charge in [0.2, 0.25) is 4.77 Å². The van der Waals surface area contributed by atoms with Crippen LogP contribution in [0.15, 0.2) is 29.2 Å². The molecule has 0 saturated carbocycles. The lowest BCUT2D eigenvalue weighted by atomic mass is 9.97. The number of nitrogens with zero attached hydrogens (tertiary/aromatic N) is 2. The van der Waals surface area contributed by atoms with Crippen molar-refractivity contribution in [2.75, 3.05) is 5.43 Å². The molecule has 4 rings (SSSR count). The van der Waals surface area contributed by atoms with Crippen molar-refractivity contribution in [2.45, 2.75) is 25.7 Å². The number of pyridine rings is 1. The molecule has 3 aromatic heterocycles. The van der Waals surface area contributed by atoms with Gasteiger partial charge in [0.1, 0.15) is 10.5 Å². The third-order valence-electron chi connectivity index (χ3n) is 4.12. The standard InChI is InChI=1S/C16H14N4O2S2/c21-13(10-6-3-4-8-17-10)19-20-15(22)12-9-5-1-2-7-11(9)24-14(12)18-16(20)23/h3-4,6,8H,1-2,5,7H2,(H,18,23)(H,19,21). The Hall–Kier alpha value is -2.32. The molecule has 0 spiro atoms. The molecule has 3 aromatic rings. The van der Waals surface area contributed by atoms with Crippen LogP contribution in [-0.4, -0.2) is 20.6 Å². The molecule has 0 aromatic carbocycles. The monoisotopic (exact) mass is 358 g/mol. The first kappa shape index (κ1) is 15.2. The maximum Gasteiger partial charge on any atom is 0.288 e. The van der Waals surface area contributed by atoms with Gasteiger partial charge in [-0.3, -0.25) is 20.0 Å². The number of thiophene rings is 1. The highest BCUT2D eigenvalue weighted by atomic mass is 32.1. The first-order valence-corrected chi connectivity index (χ1v) is 8.89. The molecular weight excluding hydrogens is 344 g/mol. The summed E-state index contributed by atoms with van der Waals surface area (Å²) >= 11 is 6.85. The van der Waals surface area contributed by atoms with E-state index in [-0.39, 0.29) is 16.0 Å². The van der Waals surface area contributed by atoms with Crippen molar-refractivity contribution >= 4 is 39.7 Å². The molecule has 0 aliphatic heterocycles. The summed E-state index contributed by atoms with van der Waals surface area (Å²) in [6.07, 6.45) is 5.63. The second kappa shape index (κ2) is 5.95. The fraction of sp³-hybridized carbons (Fsp3) is 0.250. The van der Waals surface area contributed by atoms with Crippen LogP contribution in [0.2, 0.25) is 0 Å². The van der Waals surface area contributed by atoms with Crippen LogP contribution < -0.4 is 11.0 Å². The number of rotatable bonds is 2. The van der Waals surface area contributed by atoms with Crippen molar-refractivity contribution in [2.24, 2.45) is 0 Å². The van der Waals surface area contributed by atoms with Crippen LogP contribution in [0.1, 0.15) is 33.8 Å². The summed E-state index contributed by atoms with van der Waals surface area (Å²) in [4.78, 5) is 34.3. The number of fused-ring (bicyclic) bond motifs is 3. The minimum atomic E-state index is -0.472. The number of aromatic nitrogens is 3. The highest BCUT2D eigenvalue weighted by Gasteiger charge is 2.21. The Labute approximate surface area is 146 Å². The van der Waals surface area contributed by atoms with Crippen LogP contribution in [0.4, 0.5) is 0 Å². The zero-order chi connectivity index (χ0) is 16.7. The summed E-state index contributed by atoms with van der Waals surface area (Å²) in [6, 6.07) is 5.01. The summed E-state index contributed by atoms with van der Waals surface area (Å²) in [6.45, 7) is 0. The molecule has 1 amide bonds. The SMILES string of the molecule is O=C(Nn1c(=S)[nH]c2sc3c(c2c1=O)CCCC3)c1ccccn1. The van der Waals surface area contributed by atoms with E-state index in [9.17, 15) is 9.59 Å². The summed E-state index contributed by atoms with van der Waals surface area (Å²) in [7, 11) is 0. The average Bonchev–Trinajstić information content (AvgIpc) is 2.97. The lowest BCUT2D eigenvalue weighted by Crippen LogP contribution is -2.34. The molecule has 0 atom stereocenters. The minimum absolute atomic E-state index is 0.176. The van der Waals surface area contributed by atoms with Crippen LogP contribution in [0.5, 0.6) is 0 Å². The number of carbonyl (C=O) groups is 1. The normalized spacial score (nSPS) is 13.7. The van der Waals surface area contributed by atoms with E-state index in [1.165, 1.54) is 11.1 Å². The summed E-state index contributed by atoms with van der Waals surface area (Å²) in [5.41, 5.74) is 3.60. The van der Waals surface area contributed by atoms with Gasteiger partial charge in [-0.2, -0.15) is 4.68 Å². The van der Waals surface area contributed by atoms with Gasteiger partial charge in [0, 0.05) is 11.1 Å². The number of nitrogens with one attached hydrogen (secondary N) is 2. The van der Waals surface area contributed by atoms with Crippen molar-refractivity contribution in [1.82, 2.24) is 14.6 Å². The van der Waals surface area contributed by atoms with E-state index >= 15 is 0 Å². The Kier molecular flexibility index (Phi) is 3.78. The average molecular weight is 358 g/mol. The van der Waals surface area contributed by atoms with Crippen molar-refractivity contribution < 1.29 is 4.79 Å². The van der Waals surface area contributed by atoms with Crippen molar-refractivity contribution in [3.05, 3.63) is 55.7 Å². The molecule has 0 fully saturated rings. The highest BCUT2D eigenvalue weighted by Crippen LogP contribution is 2.33. The van der Waals surface area contributed by atoms with Gasteiger partial charge in [0.05, 0.1) is 5.39 Å². The smallest absolute Gasteiger partial charge is 0.288 e. The summed E-state index contributed by atoms with van der Waals surface area (Å²) in [5, 5.41) is 0.643. The molecule has 1 aliphatic carbocycles. The number of aromatic amines is 1. The molecular formula is C16H14N4O2S2. The van der Waals surface area contributed by atoms with Gasteiger partial charge < -0.3 is 4.98 Å². The van der Waals surface area contributed by atoms with Crippen molar-refractivity contribution in [1.29, 1.82) is 0 Å². The van der Waals surface area contributed by atoms with Gasteiger partial charge in [-0.25, -0.2) is 0 Å². The molecule has 0 saturated heterocycles. The zero-order valence-corrected chi connectivity index (χ0v) is 14.3. The van der Waals surface area contributed by atoms with Crippen molar-refractivity contribution in [3.8, 4) is 0 Å². The second-order valence-corrected chi connectivity index (χ2v) is 7.13. The topological polar surface area (TPSA) is 79.8 Å². The maximum atomic E-state index is 12.9. The molecule has 24 heavy (non-hydrogen) atoms. The fourth-order valence-electron chi connectivity index (χ4n) is 2.99. The number of hydrogen-bond acceptors (Lipinski definition) is 5. The predicted molar refractivity (Wildman–Crippen MR) is 95.8 cm³/mol. The lowest BCUT2D eigenvalue weighted by Gasteiger charge is -2.11. The molecule has 0 unspecified atom stereocenters. The van der Waals surface area contributed by atoms with Crippen LogP contribution in [-0.2, 0) is 12.8 Å². The van der Waals surface area contributed by atoms with Crippen LogP contribution in [0.3, 0.4) is 0 Å². The lowest BCUT2D eigenvalue weighted by molar-refractivity contribution is 0.100. The summed E-state index contributed by atoms with van der Waals surface area (Å²) < 4.78 is 1.28. The van der Waals surface area contributed by atoms with Gasteiger partial charge in [0.25, 0.3) is 11.5 Å². The van der Waals surface area contributed by atoms with E-state index in [0.29, 0.717) is 5.39 Å². The largest absolute Gasteiger partial charge is 0.322 e. The Morgan fingerprint density at radius 2 is 2.17 bits per heavy atom. The van der Waals surface area contributed by atoms with E-state index in [0.717, 1.165) is 40.8 Å². The molecule has 0 radical (unpaired) electrons. The van der Waals surface area contributed by atoms with E-state index in [1.807, 2.05) is 0 Å². The quantitative estimate of drug-likeness (QED) is 0.691. The molecule has 3 heterocycles. The molecule has 1 aliphatic rings. The first-order valence-electron chi connectivity index (χ1n) is 7.67. The molecule has 6 nitrogen and oxygen atoms in total. The second-order valence-electron chi connectivity index (χ2n) is 5.64. The Bertz CT molecular complexity index is 1050. The number of H-pyrrole nitrogens is 1. The third-order valence-corrected chi connectivity index (χ3v) is 5.61. The highest BCUT2D eigenvalue weighted by molar-refractivity contribution is 7.71. The molecule has 0 bridgehead atoms. The van der Waals surface area contributed by atoms with Gasteiger partial charge in [0.15, 0.2) is 0 Å². The van der Waals surface area contributed by atoms with Gasteiger partial charge in [-0.1, -0.05) is 6.07 Å². The van der Waals surface area contributed by atoms with Crippen molar-refractivity contribution in [3.63, 3.8) is 0 Å². The number of hydrogen-bond donors (Lipinski definition) is 2. The number of aryl methyl sites for hydroxylation is 2. The van der Waals surface area contributed by atoms with Crippen LogP contribution in [0, 0.1) is 4.77 Å². The molecule has 122 valence electrons. The Balaban J connectivity index is 1.83. The molecule has 8 heteroatoms. The Morgan fingerprint density at radius 3 is 2.96 bits per heavy atom. The van der Waals surface area contributed by atoms with E-state index in [4.69, 9.17) is 12.2 Å². The third kappa shape index (κ3) is 2.47. The van der Waals surface area contributed by atoms with Crippen LogP contribution >= 0.6 is 23.6 Å². The van der Waals surface area contributed by atoms with E-state index in [2.05, 4.69) is 15.4 Å². The minimum Gasteiger partial charge on any atom is -0.322 e. The number of amides is 1. The Morgan fingerprint density at radius 1 is 1.33 bits per heavy atom. The maximum absolute atomic E-state index is 12.9. The predicted octanol–water partition coefficient (Wildman–Crippen LogP) is 2.78. The van der Waals surface area contributed by atoms with Gasteiger partial charge >= 0.3 is 0 Å². The number of carbonyl (C=O) groups excluding carboxylic acids is 1. The zero-order valence-electron chi connectivity index (χ0n) is 12.7. The van der Waals surface area contributed by atoms with E-state index < -0.39 is 5.91 Å². The van der Waals surface area contributed by atoms with Crippen LogP contribution in [0.25, 0.3) is 10.2 Å². The van der Waals surface area contributed by atoms with Gasteiger partial charge in [-0.15, -0.1) is 11.3 Å². The summed E-state index contributed by atoms with van der Waals surface area (Å²) in [5.74, 6) is -0.472. The van der Waals surface area contributed by atoms with E-state index in [1.54, 1.807) is 29.5 Å².